The topological polar surface area (TPSA) is 42.0 Å². The van der Waals surface area contributed by atoms with E-state index in [-0.39, 0.29) is 5.91 Å². The third-order valence-corrected chi connectivity index (χ3v) is 3.79. The van der Waals surface area contributed by atoms with Gasteiger partial charge in [-0.15, -0.1) is 22.9 Å². The van der Waals surface area contributed by atoms with Crippen LogP contribution in [0.4, 0.5) is 0 Å². The molecular formula is C13H13ClN2OS. The van der Waals surface area contributed by atoms with Gasteiger partial charge in [0.25, 0.3) is 5.91 Å². The number of nitrogens with zero attached hydrogens (tertiary/aromatic N) is 1. The van der Waals surface area contributed by atoms with Crippen molar-refractivity contribution in [3.05, 3.63) is 51.5 Å². The lowest BCUT2D eigenvalue weighted by Gasteiger charge is -2.05. The highest BCUT2D eigenvalue weighted by molar-refractivity contribution is 7.11. The number of carbonyl (C=O) groups is 1. The van der Waals surface area contributed by atoms with E-state index in [2.05, 4.69) is 10.3 Å². The standard InChI is InChI=1S/C13H13ClN2OS/c1-9-12(18-8-16-9)13(17)15-7-11-4-2-3-10(5-11)6-14/h2-5,8H,6-7H2,1H3,(H,15,17). The van der Waals surface area contributed by atoms with Gasteiger partial charge in [0.1, 0.15) is 4.88 Å². The van der Waals surface area contributed by atoms with E-state index in [9.17, 15) is 4.79 Å². The maximum atomic E-state index is 11.9. The fraction of sp³-hybridized carbons (Fsp3) is 0.231. The van der Waals surface area contributed by atoms with Crippen molar-refractivity contribution >= 4 is 28.8 Å². The summed E-state index contributed by atoms with van der Waals surface area (Å²) in [6, 6.07) is 7.87. The minimum absolute atomic E-state index is 0.0775. The van der Waals surface area contributed by atoms with E-state index < -0.39 is 0 Å². The van der Waals surface area contributed by atoms with Gasteiger partial charge in [-0.05, 0) is 18.1 Å². The Morgan fingerprint density at radius 2 is 2.22 bits per heavy atom. The van der Waals surface area contributed by atoms with Crippen LogP contribution in [0.5, 0.6) is 0 Å². The van der Waals surface area contributed by atoms with Crippen LogP contribution in [0.1, 0.15) is 26.5 Å². The van der Waals surface area contributed by atoms with Crippen molar-refractivity contribution in [2.75, 3.05) is 0 Å². The summed E-state index contributed by atoms with van der Waals surface area (Å²) < 4.78 is 0. The first-order chi connectivity index (χ1) is 8.70. The highest BCUT2D eigenvalue weighted by atomic mass is 35.5. The first-order valence-electron chi connectivity index (χ1n) is 5.53. The summed E-state index contributed by atoms with van der Waals surface area (Å²) in [6.07, 6.45) is 0. The van der Waals surface area contributed by atoms with E-state index in [1.165, 1.54) is 11.3 Å². The predicted octanol–water partition coefficient (Wildman–Crippen LogP) is 3.12. The van der Waals surface area contributed by atoms with Crippen molar-refractivity contribution in [1.82, 2.24) is 10.3 Å². The van der Waals surface area contributed by atoms with Gasteiger partial charge in [-0.1, -0.05) is 24.3 Å². The molecule has 1 amide bonds. The molecule has 2 rings (SSSR count). The Labute approximate surface area is 115 Å². The molecule has 0 radical (unpaired) electrons. The number of hydrogen-bond acceptors (Lipinski definition) is 3. The molecule has 1 heterocycles. The number of aryl methyl sites for hydroxylation is 1. The molecule has 18 heavy (non-hydrogen) atoms. The summed E-state index contributed by atoms with van der Waals surface area (Å²) >= 11 is 7.13. The molecule has 1 aromatic heterocycles. The average Bonchev–Trinajstić information content (AvgIpc) is 2.82. The molecule has 3 nitrogen and oxygen atoms in total. The van der Waals surface area contributed by atoms with Crippen LogP contribution in [-0.2, 0) is 12.4 Å². The Balaban J connectivity index is 1.99. The number of thiazole rings is 1. The van der Waals surface area contributed by atoms with E-state index in [1.807, 2.05) is 31.2 Å². The minimum Gasteiger partial charge on any atom is -0.347 e. The molecule has 0 aliphatic heterocycles. The maximum Gasteiger partial charge on any atom is 0.263 e. The smallest absolute Gasteiger partial charge is 0.263 e. The van der Waals surface area contributed by atoms with Crippen LogP contribution in [0.2, 0.25) is 0 Å². The van der Waals surface area contributed by atoms with Gasteiger partial charge < -0.3 is 5.32 Å². The predicted molar refractivity (Wildman–Crippen MR) is 74.0 cm³/mol. The molecular weight excluding hydrogens is 268 g/mol. The minimum atomic E-state index is -0.0775. The Bertz CT molecular complexity index is 553. The van der Waals surface area contributed by atoms with Crippen LogP contribution < -0.4 is 5.32 Å². The van der Waals surface area contributed by atoms with E-state index in [4.69, 9.17) is 11.6 Å². The maximum absolute atomic E-state index is 11.9. The molecule has 1 N–H and O–H groups in total. The molecule has 1 aromatic carbocycles. The summed E-state index contributed by atoms with van der Waals surface area (Å²) in [4.78, 5) is 16.6. The van der Waals surface area contributed by atoms with Crippen LogP contribution in [0, 0.1) is 6.92 Å². The molecule has 0 atom stereocenters. The van der Waals surface area contributed by atoms with Crippen molar-refractivity contribution in [3.8, 4) is 0 Å². The Morgan fingerprint density at radius 3 is 2.89 bits per heavy atom. The molecule has 0 saturated heterocycles. The Kier molecular flexibility index (Phi) is 4.33. The van der Waals surface area contributed by atoms with E-state index >= 15 is 0 Å². The molecule has 94 valence electrons. The third-order valence-electron chi connectivity index (χ3n) is 2.55. The summed E-state index contributed by atoms with van der Waals surface area (Å²) in [7, 11) is 0. The summed E-state index contributed by atoms with van der Waals surface area (Å²) in [5, 5.41) is 2.88. The molecule has 5 heteroatoms. The highest BCUT2D eigenvalue weighted by Gasteiger charge is 2.10. The second-order valence-corrected chi connectivity index (χ2v) is 5.03. The Hall–Kier alpha value is -1.39. The zero-order chi connectivity index (χ0) is 13.0. The normalized spacial score (nSPS) is 10.3. The SMILES string of the molecule is Cc1ncsc1C(=O)NCc1cccc(CCl)c1. The number of carbonyl (C=O) groups excluding carboxylic acids is 1. The van der Waals surface area contributed by atoms with Crippen molar-refractivity contribution in [3.63, 3.8) is 0 Å². The van der Waals surface area contributed by atoms with Crippen LogP contribution >= 0.6 is 22.9 Å². The molecule has 2 aromatic rings. The quantitative estimate of drug-likeness (QED) is 0.875. The van der Waals surface area contributed by atoms with Gasteiger partial charge in [-0.25, -0.2) is 4.98 Å². The largest absolute Gasteiger partial charge is 0.347 e. The molecule has 0 saturated carbocycles. The number of benzene rings is 1. The monoisotopic (exact) mass is 280 g/mol. The van der Waals surface area contributed by atoms with E-state index in [0.717, 1.165) is 16.8 Å². The molecule has 0 aliphatic rings. The van der Waals surface area contributed by atoms with Crippen LogP contribution in [-0.4, -0.2) is 10.9 Å². The lowest BCUT2D eigenvalue weighted by Crippen LogP contribution is -2.22. The van der Waals surface area contributed by atoms with Crippen LogP contribution in [0.3, 0.4) is 0 Å². The second kappa shape index (κ2) is 5.98. The average molecular weight is 281 g/mol. The first kappa shape index (κ1) is 13.1. The van der Waals surface area contributed by atoms with Crippen molar-refractivity contribution in [2.24, 2.45) is 0 Å². The van der Waals surface area contributed by atoms with Crippen LogP contribution in [0.25, 0.3) is 0 Å². The van der Waals surface area contributed by atoms with Crippen molar-refractivity contribution in [1.29, 1.82) is 0 Å². The number of nitrogens with one attached hydrogen (secondary N) is 1. The third kappa shape index (κ3) is 3.09. The van der Waals surface area contributed by atoms with Crippen LogP contribution in [0.15, 0.2) is 29.8 Å². The number of halogens is 1. The number of alkyl halides is 1. The molecule has 0 fully saturated rings. The fourth-order valence-electron chi connectivity index (χ4n) is 1.61. The Morgan fingerprint density at radius 1 is 1.44 bits per heavy atom. The van der Waals surface area contributed by atoms with Gasteiger partial charge in [0.2, 0.25) is 0 Å². The van der Waals surface area contributed by atoms with Gasteiger partial charge in [0.15, 0.2) is 0 Å². The zero-order valence-electron chi connectivity index (χ0n) is 9.94. The zero-order valence-corrected chi connectivity index (χ0v) is 11.5. The summed E-state index contributed by atoms with van der Waals surface area (Å²) in [5.74, 6) is 0.404. The number of hydrogen-bond donors (Lipinski definition) is 1. The lowest BCUT2D eigenvalue weighted by atomic mass is 10.1. The first-order valence-corrected chi connectivity index (χ1v) is 6.94. The number of amides is 1. The second-order valence-electron chi connectivity index (χ2n) is 3.90. The highest BCUT2D eigenvalue weighted by Crippen LogP contribution is 2.12. The summed E-state index contributed by atoms with van der Waals surface area (Å²) in [6.45, 7) is 2.33. The van der Waals surface area contributed by atoms with E-state index in [1.54, 1.807) is 5.51 Å². The van der Waals surface area contributed by atoms with Crippen molar-refractivity contribution in [2.45, 2.75) is 19.3 Å². The fourth-order valence-corrected chi connectivity index (χ4v) is 2.49. The van der Waals surface area contributed by atoms with Gasteiger partial charge in [-0.2, -0.15) is 0 Å². The van der Waals surface area contributed by atoms with Gasteiger partial charge >= 0.3 is 0 Å². The number of rotatable bonds is 4. The van der Waals surface area contributed by atoms with E-state index in [0.29, 0.717) is 17.3 Å². The lowest BCUT2D eigenvalue weighted by molar-refractivity contribution is 0.0954. The number of aromatic nitrogens is 1. The molecule has 0 unspecified atom stereocenters. The summed E-state index contributed by atoms with van der Waals surface area (Å²) in [5.41, 5.74) is 4.55. The molecule has 0 spiro atoms. The molecule has 0 bridgehead atoms. The van der Waals surface area contributed by atoms with Gasteiger partial charge in [-0.3, -0.25) is 4.79 Å². The van der Waals surface area contributed by atoms with Gasteiger partial charge in [0.05, 0.1) is 11.2 Å². The molecule has 0 aliphatic carbocycles. The van der Waals surface area contributed by atoms with Gasteiger partial charge in [0, 0.05) is 12.4 Å². The van der Waals surface area contributed by atoms with Crippen molar-refractivity contribution < 1.29 is 4.79 Å².